The predicted molar refractivity (Wildman–Crippen MR) is 95.9 cm³/mol. The summed E-state index contributed by atoms with van der Waals surface area (Å²) in [7, 11) is 1.63. The second-order valence-corrected chi connectivity index (χ2v) is 6.50. The minimum atomic E-state index is 0.204. The van der Waals surface area contributed by atoms with Gasteiger partial charge in [0, 0.05) is 31.8 Å². The van der Waals surface area contributed by atoms with Crippen molar-refractivity contribution in [2.45, 2.75) is 44.7 Å². The van der Waals surface area contributed by atoms with Gasteiger partial charge in [-0.25, -0.2) is 0 Å². The number of carbonyl (C=O) groups is 1. The van der Waals surface area contributed by atoms with Crippen molar-refractivity contribution in [3.63, 3.8) is 0 Å². The molecule has 6 nitrogen and oxygen atoms in total. The molecule has 0 spiro atoms. The van der Waals surface area contributed by atoms with Gasteiger partial charge in [0.05, 0.1) is 19.2 Å². The number of piperidine rings is 1. The van der Waals surface area contributed by atoms with Crippen molar-refractivity contribution in [3.05, 3.63) is 36.5 Å². The van der Waals surface area contributed by atoms with Crippen LogP contribution in [-0.2, 0) is 16.1 Å². The van der Waals surface area contributed by atoms with Gasteiger partial charge in [-0.05, 0) is 25.7 Å². The first kappa shape index (κ1) is 17.6. The second kappa shape index (κ2) is 8.76. The number of aryl methyl sites for hydroxylation is 1. The lowest BCUT2D eigenvalue weighted by molar-refractivity contribution is -0.136. The largest absolute Gasteiger partial charge is 0.384 e. The zero-order valence-electron chi connectivity index (χ0n) is 14.8. The molecule has 0 aliphatic carbocycles. The standard InChI is InChI=1S/C19H26N4O2/c1-25-14-11-19(24)23-12-6-5-9-17(23)10-13-22-15-18(20-21-22)16-7-3-2-4-8-16/h2-4,7-8,15,17H,5-6,9-14H2,1H3. The van der Waals surface area contributed by atoms with E-state index in [1.54, 1.807) is 7.11 Å². The number of benzene rings is 1. The van der Waals surface area contributed by atoms with E-state index in [4.69, 9.17) is 4.74 Å². The van der Waals surface area contributed by atoms with E-state index in [1.807, 2.05) is 46.1 Å². The molecule has 2 heterocycles. The zero-order valence-corrected chi connectivity index (χ0v) is 14.8. The maximum atomic E-state index is 12.4. The van der Waals surface area contributed by atoms with Crippen molar-refractivity contribution in [1.29, 1.82) is 0 Å². The molecule has 0 saturated carbocycles. The fourth-order valence-corrected chi connectivity index (χ4v) is 3.39. The maximum Gasteiger partial charge on any atom is 0.225 e. The first-order valence-electron chi connectivity index (χ1n) is 9.02. The highest BCUT2D eigenvalue weighted by molar-refractivity contribution is 5.76. The van der Waals surface area contributed by atoms with Gasteiger partial charge in [0.1, 0.15) is 5.69 Å². The molecule has 2 aromatic rings. The van der Waals surface area contributed by atoms with Gasteiger partial charge in [0.2, 0.25) is 5.91 Å². The van der Waals surface area contributed by atoms with Crippen molar-refractivity contribution in [3.8, 4) is 11.3 Å². The van der Waals surface area contributed by atoms with Crippen molar-refractivity contribution in [2.75, 3.05) is 20.3 Å². The Morgan fingerprint density at radius 2 is 2.12 bits per heavy atom. The summed E-state index contributed by atoms with van der Waals surface area (Å²) in [6, 6.07) is 10.4. The number of methoxy groups -OCH3 is 1. The van der Waals surface area contributed by atoms with E-state index in [2.05, 4.69) is 10.3 Å². The van der Waals surface area contributed by atoms with Gasteiger partial charge < -0.3 is 9.64 Å². The molecule has 6 heteroatoms. The molecule has 1 aromatic heterocycles. The molecule has 1 aliphatic heterocycles. The van der Waals surface area contributed by atoms with Crippen LogP contribution in [0.25, 0.3) is 11.3 Å². The first-order chi connectivity index (χ1) is 12.3. The van der Waals surface area contributed by atoms with Crippen LogP contribution < -0.4 is 0 Å². The zero-order chi connectivity index (χ0) is 17.5. The normalized spacial score (nSPS) is 17.6. The van der Waals surface area contributed by atoms with Crippen LogP contribution in [0.5, 0.6) is 0 Å². The molecule has 134 valence electrons. The van der Waals surface area contributed by atoms with Crippen LogP contribution in [0.4, 0.5) is 0 Å². The Hall–Kier alpha value is -2.21. The number of rotatable bonds is 7. The Kier molecular flexibility index (Phi) is 6.17. The van der Waals surface area contributed by atoms with Crippen LogP contribution in [0.15, 0.2) is 36.5 Å². The smallest absolute Gasteiger partial charge is 0.225 e. The molecule has 25 heavy (non-hydrogen) atoms. The van der Waals surface area contributed by atoms with Crippen LogP contribution in [-0.4, -0.2) is 52.1 Å². The fraction of sp³-hybridized carbons (Fsp3) is 0.526. The Morgan fingerprint density at radius 3 is 2.92 bits per heavy atom. The lowest BCUT2D eigenvalue weighted by Crippen LogP contribution is -2.44. The van der Waals surface area contributed by atoms with Crippen molar-refractivity contribution >= 4 is 5.91 Å². The highest BCUT2D eigenvalue weighted by atomic mass is 16.5. The van der Waals surface area contributed by atoms with Gasteiger partial charge in [-0.2, -0.15) is 0 Å². The van der Waals surface area contributed by atoms with Gasteiger partial charge in [-0.1, -0.05) is 35.5 Å². The molecule has 1 unspecified atom stereocenters. The summed E-state index contributed by atoms with van der Waals surface area (Å²) >= 11 is 0. The van der Waals surface area contributed by atoms with Gasteiger partial charge in [0.15, 0.2) is 0 Å². The van der Waals surface area contributed by atoms with Crippen molar-refractivity contribution in [1.82, 2.24) is 19.9 Å². The van der Waals surface area contributed by atoms with Crippen LogP contribution in [0.1, 0.15) is 32.1 Å². The van der Waals surface area contributed by atoms with E-state index in [-0.39, 0.29) is 5.91 Å². The van der Waals surface area contributed by atoms with Gasteiger partial charge in [-0.15, -0.1) is 5.10 Å². The second-order valence-electron chi connectivity index (χ2n) is 6.50. The number of likely N-dealkylation sites (tertiary alicyclic amines) is 1. The van der Waals surface area contributed by atoms with E-state index in [1.165, 1.54) is 6.42 Å². The summed E-state index contributed by atoms with van der Waals surface area (Å²) in [4.78, 5) is 14.4. The van der Waals surface area contributed by atoms with E-state index in [0.29, 0.717) is 19.1 Å². The molecule has 0 N–H and O–H groups in total. The number of hydrogen-bond acceptors (Lipinski definition) is 4. The topological polar surface area (TPSA) is 60.2 Å². The van der Waals surface area contributed by atoms with Crippen molar-refractivity contribution < 1.29 is 9.53 Å². The third-order valence-electron chi connectivity index (χ3n) is 4.77. The lowest BCUT2D eigenvalue weighted by atomic mass is 9.99. The molecule has 1 amide bonds. The Labute approximate surface area is 148 Å². The van der Waals surface area contributed by atoms with E-state index in [0.717, 1.165) is 43.6 Å². The number of hydrogen-bond donors (Lipinski definition) is 0. The van der Waals surface area contributed by atoms with Gasteiger partial charge in [-0.3, -0.25) is 9.48 Å². The Morgan fingerprint density at radius 1 is 1.28 bits per heavy atom. The molecular formula is C19H26N4O2. The highest BCUT2D eigenvalue weighted by Gasteiger charge is 2.26. The summed E-state index contributed by atoms with van der Waals surface area (Å²) in [5, 5.41) is 8.50. The number of nitrogens with zero attached hydrogens (tertiary/aromatic N) is 4. The third-order valence-corrected chi connectivity index (χ3v) is 4.77. The molecule has 1 aliphatic rings. The lowest BCUT2D eigenvalue weighted by Gasteiger charge is -2.36. The Balaban J connectivity index is 1.58. The number of amides is 1. The summed E-state index contributed by atoms with van der Waals surface area (Å²) in [6.07, 6.45) is 6.71. The monoisotopic (exact) mass is 342 g/mol. The van der Waals surface area contributed by atoms with E-state index >= 15 is 0 Å². The van der Waals surface area contributed by atoms with Crippen LogP contribution in [0.3, 0.4) is 0 Å². The predicted octanol–water partition coefficient (Wildman–Crippen LogP) is 2.75. The molecule has 0 bridgehead atoms. The van der Waals surface area contributed by atoms with Crippen LogP contribution in [0, 0.1) is 0 Å². The van der Waals surface area contributed by atoms with Crippen LogP contribution >= 0.6 is 0 Å². The Bertz CT molecular complexity index is 671. The quantitative estimate of drug-likeness (QED) is 0.776. The SMILES string of the molecule is COCCC(=O)N1CCCCC1CCn1cc(-c2ccccc2)nn1. The first-order valence-corrected chi connectivity index (χ1v) is 9.02. The number of aromatic nitrogens is 3. The third kappa shape index (κ3) is 4.66. The van der Waals surface area contributed by atoms with Gasteiger partial charge in [0.25, 0.3) is 0 Å². The van der Waals surface area contributed by atoms with Crippen LogP contribution in [0.2, 0.25) is 0 Å². The average Bonchev–Trinajstić information content (AvgIpc) is 3.14. The minimum absolute atomic E-state index is 0.204. The van der Waals surface area contributed by atoms with Gasteiger partial charge >= 0.3 is 0 Å². The average molecular weight is 342 g/mol. The minimum Gasteiger partial charge on any atom is -0.384 e. The molecule has 1 fully saturated rings. The molecular weight excluding hydrogens is 316 g/mol. The van der Waals surface area contributed by atoms with E-state index < -0.39 is 0 Å². The molecule has 3 rings (SSSR count). The summed E-state index contributed by atoms with van der Waals surface area (Å²) in [6.45, 7) is 2.13. The number of carbonyl (C=O) groups excluding carboxylic acids is 1. The summed E-state index contributed by atoms with van der Waals surface area (Å²) in [5.41, 5.74) is 1.96. The van der Waals surface area contributed by atoms with Crippen molar-refractivity contribution in [2.24, 2.45) is 0 Å². The van der Waals surface area contributed by atoms with E-state index in [9.17, 15) is 4.79 Å². The molecule has 1 aromatic carbocycles. The molecule has 1 atom stereocenters. The summed E-state index contributed by atoms with van der Waals surface area (Å²) in [5.74, 6) is 0.204. The summed E-state index contributed by atoms with van der Waals surface area (Å²) < 4.78 is 6.93. The molecule has 0 radical (unpaired) electrons. The maximum absolute atomic E-state index is 12.4. The highest BCUT2D eigenvalue weighted by Crippen LogP contribution is 2.22. The fourth-order valence-electron chi connectivity index (χ4n) is 3.39. The number of ether oxygens (including phenoxy) is 1. The molecule has 1 saturated heterocycles.